The molecule has 0 N–H and O–H groups in total. The summed E-state index contributed by atoms with van der Waals surface area (Å²) in [5.74, 6) is 0.925. The van der Waals surface area contributed by atoms with E-state index in [1.54, 1.807) is 15.4 Å². The number of aromatic nitrogens is 5. The summed E-state index contributed by atoms with van der Waals surface area (Å²) < 4.78 is 5.66. The first-order chi connectivity index (χ1) is 13.7. The van der Waals surface area contributed by atoms with Crippen molar-refractivity contribution in [2.24, 2.45) is 7.05 Å². The van der Waals surface area contributed by atoms with Crippen LogP contribution >= 0.6 is 0 Å². The summed E-state index contributed by atoms with van der Waals surface area (Å²) >= 11 is 0. The number of hydrogen-bond donors (Lipinski definition) is 0. The molecule has 0 saturated carbocycles. The Labute approximate surface area is 162 Å². The first-order valence-corrected chi connectivity index (χ1v) is 9.64. The van der Waals surface area contributed by atoms with Gasteiger partial charge >= 0.3 is 0 Å². The van der Waals surface area contributed by atoms with Crippen LogP contribution in [-0.4, -0.2) is 47.9 Å². The number of carbonyl (C=O) groups is 1. The van der Waals surface area contributed by atoms with E-state index in [4.69, 9.17) is 0 Å². The molecule has 7 nitrogen and oxygen atoms in total. The van der Waals surface area contributed by atoms with Crippen molar-refractivity contribution in [2.75, 3.05) is 13.1 Å². The minimum atomic E-state index is 0.0235. The second kappa shape index (κ2) is 6.67. The van der Waals surface area contributed by atoms with Gasteiger partial charge in [0.25, 0.3) is 5.91 Å². The highest BCUT2D eigenvalue weighted by atomic mass is 16.2. The molecular weight excluding hydrogens is 352 g/mol. The van der Waals surface area contributed by atoms with Gasteiger partial charge in [-0.1, -0.05) is 6.07 Å². The van der Waals surface area contributed by atoms with Crippen LogP contribution in [0.5, 0.6) is 0 Å². The van der Waals surface area contributed by atoms with Crippen LogP contribution < -0.4 is 0 Å². The highest BCUT2D eigenvalue weighted by Crippen LogP contribution is 2.23. The maximum atomic E-state index is 12.7. The van der Waals surface area contributed by atoms with E-state index in [-0.39, 0.29) is 5.91 Å². The molecule has 1 aliphatic rings. The van der Waals surface area contributed by atoms with E-state index in [0.29, 0.717) is 5.69 Å². The lowest BCUT2D eigenvalue weighted by molar-refractivity contribution is 0.0718. The van der Waals surface area contributed by atoms with E-state index in [0.717, 1.165) is 48.4 Å². The molecule has 0 radical (unpaired) electrons. The number of fused-ring (bicyclic) bond motifs is 1. The first kappa shape index (κ1) is 16.8. The molecule has 1 fully saturated rings. The van der Waals surface area contributed by atoms with Crippen molar-refractivity contribution in [3.8, 4) is 16.9 Å². The van der Waals surface area contributed by atoms with Gasteiger partial charge in [0.2, 0.25) is 0 Å². The Morgan fingerprint density at radius 2 is 1.79 bits per heavy atom. The van der Waals surface area contributed by atoms with Crippen LogP contribution in [0.3, 0.4) is 0 Å². The third-order valence-corrected chi connectivity index (χ3v) is 5.35. The van der Waals surface area contributed by atoms with Crippen LogP contribution in [0, 0.1) is 0 Å². The molecule has 5 heterocycles. The maximum absolute atomic E-state index is 12.7. The number of piperidine rings is 1. The van der Waals surface area contributed by atoms with Crippen LogP contribution in [0.1, 0.15) is 29.8 Å². The molecule has 4 aromatic rings. The summed E-state index contributed by atoms with van der Waals surface area (Å²) in [6, 6.07) is 10.0. The van der Waals surface area contributed by atoms with Crippen molar-refractivity contribution in [2.45, 2.75) is 19.3 Å². The number of rotatable bonds is 3. The molecule has 28 heavy (non-hydrogen) atoms. The van der Waals surface area contributed by atoms with Crippen LogP contribution in [0.2, 0.25) is 0 Å². The number of aryl methyl sites for hydroxylation is 1. The monoisotopic (exact) mass is 374 g/mol. The minimum Gasteiger partial charge on any atom is -0.337 e. The summed E-state index contributed by atoms with van der Waals surface area (Å²) in [6.07, 6.45) is 11.1. The van der Waals surface area contributed by atoms with Crippen LogP contribution in [0.15, 0.2) is 55.1 Å². The SMILES string of the molecule is Cn1cc(-c2ccc3ccc(-n4ccc(C(=O)N5CCCCC5)n4)n3c2)cn1. The quantitative estimate of drug-likeness (QED) is 0.553. The molecule has 1 saturated heterocycles. The zero-order chi connectivity index (χ0) is 19.1. The average Bonchev–Trinajstić information content (AvgIpc) is 3.46. The Bertz CT molecular complexity index is 1140. The van der Waals surface area contributed by atoms with Gasteiger partial charge < -0.3 is 9.30 Å². The Kier molecular flexibility index (Phi) is 4.00. The standard InChI is InChI=1S/C21H22N6O/c1-24-14-17(13-22-24)16-5-6-18-7-8-20(26(18)15-16)27-12-9-19(23-27)21(28)25-10-3-2-4-11-25/h5-9,12-15H,2-4,10-11H2,1H3. The second-order valence-electron chi connectivity index (χ2n) is 7.31. The lowest BCUT2D eigenvalue weighted by Crippen LogP contribution is -2.35. The average molecular weight is 374 g/mol. The van der Waals surface area contributed by atoms with E-state index in [9.17, 15) is 4.79 Å². The molecular formula is C21H22N6O. The Hall–Kier alpha value is -3.35. The molecule has 0 aromatic carbocycles. The Morgan fingerprint density at radius 1 is 0.964 bits per heavy atom. The lowest BCUT2D eigenvalue weighted by atomic mass is 10.1. The number of likely N-dealkylation sites (tertiary alicyclic amines) is 1. The Morgan fingerprint density at radius 3 is 2.57 bits per heavy atom. The van der Waals surface area contributed by atoms with Crippen LogP contribution in [-0.2, 0) is 7.05 Å². The van der Waals surface area contributed by atoms with Gasteiger partial charge in [-0.3, -0.25) is 9.48 Å². The number of hydrogen-bond acceptors (Lipinski definition) is 3. The molecule has 1 aliphatic heterocycles. The van der Waals surface area contributed by atoms with Gasteiger partial charge in [0.1, 0.15) is 5.82 Å². The molecule has 0 aliphatic carbocycles. The largest absolute Gasteiger partial charge is 0.337 e. The zero-order valence-electron chi connectivity index (χ0n) is 15.8. The lowest BCUT2D eigenvalue weighted by Gasteiger charge is -2.25. The van der Waals surface area contributed by atoms with Crippen molar-refractivity contribution < 1.29 is 4.79 Å². The van der Waals surface area contributed by atoms with Gasteiger partial charge in [0.15, 0.2) is 5.69 Å². The third kappa shape index (κ3) is 2.89. The molecule has 0 unspecified atom stereocenters. The van der Waals surface area contributed by atoms with E-state index in [1.165, 1.54) is 6.42 Å². The van der Waals surface area contributed by atoms with Gasteiger partial charge in [-0.15, -0.1) is 0 Å². The number of carbonyl (C=O) groups excluding carboxylic acids is 1. The molecule has 5 rings (SSSR count). The summed E-state index contributed by atoms with van der Waals surface area (Å²) in [6.45, 7) is 1.66. The van der Waals surface area contributed by atoms with E-state index >= 15 is 0 Å². The van der Waals surface area contributed by atoms with Crippen LogP contribution in [0.4, 0.5) is 0 Å². The fourth-order valence-corrected chi connectivity index (χ4v) is 3.84. The van der Waals surface area contributed by atoms with Gasteiger partial charge in [-0.25, -0.2) is 4.68 Å². The first-order valence-electron chi connectivity index (χ1n) is 9.64. The van der Waals surface area contributed by atoms with Crippen molar-refractivity contribution in [1.29, 1.82) is 0 Å². The minimum absolute atomic E-state index is 0.0235. The molecule has 7 heteroatoms. The zero-order valence-corrected chi connectivity index (χ0v) is 15.8. The van der Waals surface area contributed by atoms with Gasteiger partial charge in [0.05, 0.1) is 6.20 Å². The van der Waals surface area contributed by atoms with Gasteiger partial charge in [-0.2, -0.15) is 10.2 Å². The van der Waals surface area contributed by atoms with Crippen molar-refractivity contribution in [3.05, 3.63) is 60.8 Å². The third-order valence-electron chi connectivity index (χ3n) is 5.35. The fourth-order valence-electron chi connectivity index (χ4n) is 3.84. The van der Waals surface area contributed by atoms with E-state index < -0.39 is 0 Å². The molecule has 1 amide bonds. The smallest absolute Gasteiger partial charge is 0.274 e. The second-order valence-corrected chi connectivity index (χ2v) is 7.31. The normalized spacial score (nSPS) is 14.7. The van der Waals surface area contributed by atoms with E-state index in [1.807, 2.05) is 36.6 Å². The van der Waals surface area contributed by atoms with Crippen molar-refractivity contribution >= 4 is 11.4 Å². The number of nitrogens with zero attached hydrogens (tertiary/aromatic N) is 6. The topological polar surface area (TPSA) is 60.4 Å². The van der Waals surface area contributed by atoms with Crippen LogP contribution in [0.25, 0.3) is 22.5 Å². The summed E-state index contributed by atoms with van der Waals surface area (Å²) in [7, 11) is 1.91. The number of pyridine rings is 1. The molecule has 0 atom stereocenters. The summed E-state index contributed by atoms with van der Waals surface area (Å²) in [5.41, 5.74) is 3.71. The van der Waals surface area contributed by atoms with E-state index in [2.05, 4.69) is 39.0 Å². The predicted octanol–water partition coefficient (Wildman–Crippen LogP) is 3.15. The molecule has 0 spiro atoms. The molecule has 0 bridgehead atoms. The number of amides is 1. The van der Waals surface area contributed by atoms with Crippen molar-refractivity contribution in [1.82, 2.24) is 28.9 Å². The van der Waals surface area contributed by atoms with Gasteiger partial charge in [-0.05, 0) is 43.5 Å². The van der Waals surface area contributed by atoms with Gasteiger partial charge in [0, 0.05) is 55.4 Å². The predicted molar refractivity (Wildman–Crippen MR) is 106 cm³/mol. The highest BCUT2D eigenvalue weighted by molar-refractivity contribution is 5.92. The summed E-state index contributed by atoms with van der Waals surface area (Å²) in [4.78, 5) is 14.6. The van der Waals surface area contributed by atoms with Crippen molar-refractivity contribution in [3.63, 3.8) is 0 Å². The fraction of sp³-hybridized carbons (Fsp3) is 0.286. The Balaban J connectivity index is 1.49. The molecule has 142 valence electrons. The molecule has 4 aromatic heterocycles. The maximum Gasteiger partial charge on any atom is 0.274 e. The highest BCUT2D eigenvalue weighted by Gasteiger charge is 2.20. The summed E-state index contributed by atoms with van der Waals surface area (Å²) in [5, 5.41) is 8.83.